The fourth-order valence-corrected chi connectivity index (χ4v) is 1.38. The molecule has 2 unspecified atom stereocenters. The summed E-state index contributed by atoms with van der Waals surface area (Å²) in [6.07, 6.45) is 2.61. The standard InChI is InChI=1S/C9H16O3/c1-7-6-9(11)12-5-3-2-4-8(7)10/h7-8,10H,2-6H2,1H3. The normalized spacial score (nSPS) is 33.0. The lowest BCUT2D eigenvalue weighted by atomic mass is 9.97. The summed E-state index contributed by atoms with van der Waals surface area (Å²) in [5, 5.41) is 9.52. The minimum absolute atomic E-state index is 0.0376. The van der Waals surface area contributed by atoms with E-state index in [-0.39, 0.29) is 18.0 Å². The maximum absolute atomic E-state index is 11.0. The largest absolute Gasteiger partial charge is 0.466 e. The zero-order valence-corrected chi connectivity index (χ0v) is 7.45. The number of hydrogen-bond donors (Lipinski definition) is 1. The molecule has 3 heteroatoms. The number of rotatable bonds is 0. The molecule has 1 aliphatic rings. The summed E-state index contributed by atoms with van der Waals surface area (Å²) >= 11 is 0. The number of carbonyl (C=O) groups excluding carboxylic acids is 1. The van der Waals surface area contributed by atoms with Gasteiger partial charge in [0.15, 0.2) is 0 Å². The van der Waals surface area contributed by atoms with Crippen molar-refractivity contribution in [2.24, 2.45) is 5.92 Å². The third kappa shape index (κ3) is 2.81. The number of esters is 1. The van der Waals surface area contributed by atoms with Crippen molar-refractivity contribution in [1.29, 1.82) is 0 Å². The second kappa shape index (κ2) is 4.45. The molecule has 0 aliphatic carbocycles. The molecule has 12 heavy (non-hydrogen) atoms. The van der Waals surface area contributed by atoms with E-state index in [0.29, 0.717) is 13.0 Å². The van der Waals surface area contributed by atoms with E-state index >= 15 is 0 Å². The van der Waals surface area contributed by atoms with E-state index in [1.807, 2.05) is 6.92 Å². The van der Waals surface area contributed by atoms with Gasteiger partial charge in [-0.1, -0.05) is 6.92 Å². The van der Waals surface area contributed by atoms with Crippen LogP contribution in [-0.4, -0.2) is 23.8 Å². The molecule has 3 nitrogen and oxygen atoms in total. The van der Waals surface area contributed by atoms with Crippen LogP contribution in [0.15, 0.2) is 0 Å². The highest BCUT2D eigenvalue weighted by Crippen LogP contribution is 2.16. The van der Waals surface area contributed by atoms with Gasteiger partial charge in [-0.25, -0.2) is 0 Å². The molecule has 0 aromatic heterocycles. The third-order valence-electron chi connectivity index (χ3n) is 2.30. The number of hydrogen-bond acceptors (Lipinski definition) is 3. The number of aliphatic hydroxyl groups excluding tert-OH is 1. The molecular weight excluding hydrogens is 156 g/mol. The highest BCUT2D eigenvalue weighted by molar-refractivity contribution is 5.69. The molecule has 0 aromatic carbocycles. The molecule has 0 amide bonds. The van der Waals surface area contributed by atoms with E-state index in [2.05, 4.69) is 0 Å². The molecule has 1 N–H and O–H groups in total. The van der Waals surface area contributed by atoms with Crippen molar-refractivity contribution in [3.05, 3.63) is 0 Å². The summed E-state index contributed by atoms with van der Waals surface area (Å²) in [6.45, 7) is 2.40. The highest BCUT2D eigenvalue weighted by atomic mass is 16.5. The number of cyclic esters (lactones) is 1. The smallest absolute Gasteiger partial charge is 0.306 e. The summed E-state index contributed by atoms with van der Waals surface area (Å²) in [7, 11) is 0. The lowest BCUT2D eigenvalue weighted by Gasteiger charge is -2.15. The SMILES string of the molecule is CC1CC(=O)OCCCCC1O. The second-order valence-electron chi connectivity index (χ2n) is 3.47. The molecule has 0 spiro atoms. The molecule has 0 aromatic rings. The Labute approximate surface area is 72.7 Å². The Morgan fingerprint density at radius 3 is 3.00 bits per heavy atom. The van der Waals surface area contributed by atoms with Crippen LogP contribution in [0.1, 0.15) is 32.6 Å². The van der Waals surface area contributed by atoms with Crippen LogP contribution in [0.4, 0.5) is 0 Å². The Bertz CT molecular complexity index is 156. The summed E-state index contributed by atoms with van der Waals surface area (Å²) < 4.78 is 4.93. The average molecular weight is 172 g/mol. The van der Waals surface area contributed by atoms with Gasteiger partial charge in [-0.3, -0.25) is 4.79 Å². The molecule has 1 aliphatic heterocycles. The predicted octanol–water partition coefficient (Wildman–Crippen LogP) is 1.10. The average Bonchev–Trinajstić information content (AvgIpc) is 2.07. The van der Waals surface area contributed by atoms with E-state index in [0.717, 1.165) is 19.3 Å². The highest BCUT2D eigenvalue weighted by Gasteiger charge is 2.19. The Morgan fingerprint density at radius 1 is 1.50 bits per heavy atom. The number of carbonyl (C=O) groups is 1. The Hall–Kier alpha value is -0.570. The van der Waals surface area contributed by atoms with Crippen LogP contribution in [0.25, 0.3) is 0 Å². The molecule has 2 atom stereocenters. The fourth-order valence-electron chi connectivity index (χ4n) is 1.38. The van der Waals surface area contributed by atoms with Gasteiger partial charge in [-0.05, 0) is 25.2 Å². The second-order valence-corrected chi connectivity index (χ2v) is 3.47. The Balaban J connectivity index is 2.46. The van der Waals surface area contributed by atoms with E-state index in [1.54, 1.807) is 0 Å². The van der Waals surface area contributed by atoms with Crippen molar-refractivity contribution in [1.82, 2.24) is 0 Å². The van der Waals surface area contributed by atoms with Crippen LogP contribution in [-0.2, 0) is 9.53 Å². The van der Waals surface area contributed by atoms with Crippen LogP contribution in [0, 0.1) is 5.92 Å². The van der Waals surface area contributed by atoms with Crippen LogP contribution >= 0.6 is 0 Å². The molecule has 0 saturated carbocycles. The monoisotopic (exact) mass is 172 g/mol. The maximum atomic E-state index is 11.0. The molecule has 1 rings (SSSR count). The Kier molecular flexibility index (Phi) is 3.53. The molecule has 70 valence electrons. The fraction of sp³-hybridized carbons (Fsp3) is 0.889. The first-order valence-electron chi connectivity index (χ1n) is 4.54. The van der Waals surface area contributed by atoms with Gasteiger partial charge >= 0.3 is 5.97 Å². The van der Waals surface area contributed by atoms with Gasteiger partial charge < -0.3 is 9.84 Å². The zero-order chi connectivity index (χ0) is 8.97. The first-order valence-corrected chi connectivity index (χ1v) is 4.54. The first-order chi connectivity index (χ1) is 5.70. The topological polar surface area (TPSA) is 46.5 Å². The summed E-state index contributed by atoms with van der Waals surface area (Å²) in [6, 6.07) is 0. The lowest BCUT2D eigenvalue weighted by Crippen LogP contribution is -2.20. The van der Waals surface area contributed by atoms with Gasteiger partial charge in [0.2, 0.25) is 0 Å². The predicted molar refractivity (Wildman–Crippen MR) is 44.6 cm³/mol. The van der Waals surface area contributed by atoms with Gasteiger partial charge in [0, 0.05) is 0 Å². The Morgan fingerprint density at radius 2 is 2.25 bits per heavy atom. The van der Waals surface area contributed by atoms with Crippen molar-refractivity contribution in [3.8, 4) is 0 Å². The van der Waals surface area contributed by atoms with Crippen molar-refractivity contribution in [2.45, 2.75) is 38.7 Å². The molecular formula is C9H16O3. The van der Waals surface area contributed by atoms with Crippen molar-refractivity contribution >= 4 is 5.97 Å². The molecule has 1 saturated heterocycles. The van der Waals surface area contributed by atoms with Crippen molar-refractivity contribution < 1.29 is 14.6 Å². The summed E-state index contributed by atoms with van der Waals surface area (Å²) in [5.41, 5.74) is 0. The number of ether oxygens (including phenoxy) is 1. The maximum Gasteiger partial charge on any atom is 0.306 e. The van der Waals surface area contributed by atoms with Crippen molar-refractivity contribution in [2.75, 3.05) is 6.61 Å². The van der Waals surface area contributed by atoms with Gasteiger partial charge in [0.05, 0.1) is 19.1 Å². The van der Waals surface area contributed by atoms with E-state index in [9.17, 15) is 9.90 Å². The summed E-state index contributed by atoms with van der Waals surface area (Å²) in [4.78, 5) is 11.0. The van der Waals surface area contributed by atoms with E-state index in [4.69, 9.17) is 4.74 Å². The van der Waals surface area contributed by atoms with Gasteiger partial charge in [-0.15, -0.1) is 0 Å². The van der Waals surface area contributed by atoms with Crippen LogP contribution < -0.4 is 0 Å². The van der Waals surface area contributed by atoms with E-state index < -0.39 is 0 Å². The van der Waals surface area contributed by atoms with Gasteiger partial charge in [0.1, 0.15) is 0 Å². The summed E-state index contributed by atoms with van der Waals surface area (Å²) in [5.74, 6) is -0.140. The van der Waals surface area contributed by atoms with E-state index in [1.165, 1.54) is 0 Å². The van der Waals surface area contributed by atoms with Gasteiger partial charge in [-0.2, -0.15) is 0 Å². The zero-order valence-electron chi connectivity index (χ0n) is 7.45. The molecule has 1 fully saturated rings. The molecule has 0 bridgehead atoms. The number of aliphatic hydroxyl groups is 1. The quantitative estimate of drug-likeness (QED) is 0.556. The van der Waals surface area contributed by atoms with Crippen LogP contribution in [0.3, 0.4) is 0 Å². The van der Waals surface area contributed by atoms with Crippen molar-refractivity contribution in [3.63, 3.8) is 0 Å². The third-order valence-corrected chi connectivity index (χ3v) is 2.30. The minimum atomic E-state index is -0.337. The first kappa shape index (κ1) is 9.52. The van der Waals surface area contributed by atoms with Gasteiger partial charge in [0.25, 0.3) is 0 Å². The minimum Gasteiger partial charge on any atom is -0.466 e. The lowest BCUT2D eigenvalue weighted by molar-refractivity contribution is -0.145. The van der Waals surface area contributed by atoms with Crippen LogP contribution in [0.5, 0.6) is 0 Å². The molecule has 0 radical (unpaired) electrons. The van der Waals surface area contributed by atoms with Crippen LogP contribution in [0.2, 0.25) is 0 Å². The molecule has 1 heterocycles.